The number of benzene rings is 1. The average molecular weight is 228 g/mol. The Balaban J connectivity index is 3.26. The second kappa shape index (κ2) is 5.35. The molecular weight excluding hydrogens is 220 g/mol. The minimum absolute atomic E-state index is 0.374. The van der Waals surface area contributed by atoms with E-state index >= 15 is 0 Å². The van der Waals surface area contributed by atoms with Gasteiger partial charge in [-0.3, -0.25) is 0 Å². The van der Waals surface area contributed by atoms with E-state index in [1.807, 2.05) is 0 Å². The third-order valence-electron chi connectivity index (χ3n) is 2.05. The molecule has 0 fully saturated rings. The number of azide groups is 1. The molecule has 0 aliphatic carbocycles. The molecule has 0 unspecified atom stereocenters. The van der Waals surface area contributed by atoms with Crippen molar-refractivity contribution in [3.8, 4) is 6.07 Å². The number of nitrogens with zero attached hydrogens (tertiary/aromatic N) is 4. The van der Waals surface area contributed by atoms with Crippen LogP contribution in [0.5, 0.6) is 0 Å². The van der Waals surface area contributed by atoms with Crippen molar-refractivity contribution < 1.29 is 9.90 Å². The number of carboxylic acids is 1. The van der Waals surface area contributed by atoms with E-state index in [0.29, 0.717) is 11.3 Å². The first-order valence-electron chi connectivity index (χ1n) is 4.59. The van der Waals surface area contributed by atoms with Crippen molar-refractivity contribution >= 4 is 17.7 Å². The monoisotopic (exact) mass is 228 g/mol. The van der Waals surface area contributed by atoms with Crippen molar-refractivity contribution in [1.82, 2.24) is 0 Å². The van der Waals surface area contributed by atoms with Gasteiger partial charge >= 0.3 is 5.97 Å². The second-order valence-corrected chi connectivity index (χ2v) is 3.21. The zero-order chi connectivity index (χ0) is 12.8. The summed E-state index contributed by atoms with van der Waals surface area (Å²) >= 11 is 0. The summed E-state index contributed by atoms with van der Waals surface area (Å²) in [6.07, 6.45) is 1.22. The van der Waals surface area contributed by atoms with Gasteiger partial charge in [0.15, 0.2) is 0 Å². The van der Waals surface area contributed by atoms with Gasteiger partial charge in [0.05, 0.1) is 0 Å². The van der Waals surface area contributed by atoms with Crippen molar-refractivity contribution in [2.24, 2.45) is 5.11 Å². The first-order chi connectivity index (χ1) is 8.08. The predicted octanol–water partition coefficient (Wildman–Crippen LogP) is 2.93. The summed E-state index contributed by atoms with van der Waals surface area (Å²) in [6, 6.07) is 6.43. The van der Waals surface area contributed by atoms with Gasteiger partial charge in [-0.1, -0.05) is 17.2 Å². The van der Waals surface area contributed by atoms with Gasteiger partial charge < -0.3 is 5.11 Å². The Bertz CT molecular complexity index is 578. The van der Waals surface area contributed by atoms with Gasteiger partial charge in [-0.15, -0.1) is 0 Å². The number of rotatable bonds is 3. The number of hydrogen-bond donors (Lipinski definition) is 1. The quantitative estimate of drug-likeness (QED) is 0.282. The largest absolute Gasteiger partial charge is 0.477 e. The molecule has 17 heavy (non-hydrogen) atoms. The van der Waals surface area contributed by atoms with Crippen molar-refractivity contribution in [3.05, 3.63) is 45.3 Å². The molecule has 0 aliphatic rings. The molecule has 0 saturated heterocycles. The van der Waals surface area contributed by atoms with Crippen molar-refractivity contribution in [3.63, 3.8) is 0 Å². The van der Waals surface area contributed by atoms with Crippen LogP contribution in [0.4, 0.5) is 5.69 Å². The fourth-order valence-corrected chi connectivity index (χ4v) is 1.18. The molecule has 0 saturated carbocycles. The Labute approximate surface area is 97.0 Å². The third-order valence-corrected chi connectivity index (χ3v) is 2.05. The fourth-order valence-electron chi connectivity index (χ4n) is 1.18. The van der Waals surface area contributed by atoms with Crippen LogP contribution in [-0.4, -0.2) is 11.1 Å². The molecular formula is C11H8N4O2. The molecule has 0 bridgehead atoms. The maximum atomic E-state index is 10.6. The number of carboxylic acid groups (broad SMARTS) is 1. The summed E-state index contributed by atoms with van der Waals surface area (Å²) in [5.74, 6) is -1.29. The van der Waals surface area contributed by atoms with E-state index in [1.165, 1.54) is 12.1 Å². The summed E-state index contributed by atoms with van der Waals surface area (Å²) in [6.45, 7) is 1.76. The predicted molar refractivity (Wildman–Crippen MR) is 61.2 cm³/mol. The van der Waals surface area contributed by atoms with E-state index < -0.39 is 5.97 Å². The molecule has 0 radical (unpaired) electrons. The third kappa shape index (κ3) is 3.09. The zero-order valence-corrected chi connectivity index (χ0v) is 8.95. The average Bonchev–Trinajstić information content (AvgIpc) is 2.30. The van der Waals surface area contributed by atoms with Gasteiger partial charge in [0, 0.05) is 10.6 Å². The summed E-state index contributed by atoms with van der Waals surface area (Å²) in [5, 5.41) is 20.8. The lowest BCUT2D eigenvalue weighted by Crippen LogP contribution is -1.97. The number of aryl methyl sites for hydroxylation is 1. The SMILES string of the molecule is Cc1ccc(C=C(C#N)C(=O)O)cc1N=[N+]=[N-]. The van der Waals surface area contributed by atoms with Gasteiger partial charge in [0.2, 0.25) is 0 Å². The Morgan fingerprint density at radius 3 is 2.88 bits per heavy atom. The highest BCUT2D eigenvalue weighted by Gasteiger charge is 2.06. The highest BCUT2D eigenvalue weighted by atomic mass is 16.4. The van der Waals surface area contributed by atoms with Crippen LogP contribution in [0.3, 0.4) is 0 Å². The van der Waals surface area contributed by atoms with Crippen LogP contribution in [-0.2, 0) is 4.79 Å². The smallest absolute Gasteiger partial charge is 0.346 e. The van der Waals surface area contributed by atoms with Crippen LogP contribution in [0, 0.1) is 18.3 Å². The van der Waals surface area contributed by atoms with Crippen LogP contribution in [0.2, 0.25) is 0 Å². The molecule has 1 rings (SSSR count). The molecule has 6 nitrogen and oxygen atoms in total. The van der Waals surface area contributed by atoms with Gasteiger partial charge in [-0.05, 0) is 35.7 Å². The minimum atomic E-state index is -1.29. The molecule has 0 amide bonds. The number of carbonyl (C=O) groups is 1. The summed E-state index contributed by atoms with van der Waals surface area (Å²) < 4.78 is 0. The van der Waals surface area contributed by atoms with Gasteiger partial charge in [0.25, 0.3) is 0 Å². The lowest BCUT2D eigenvalue weighted by atomic mass is 10.1. The minimum Gasteiger partial charge on any atom is -0.477 e. The van der Waals surface area contributed by atoms with E-state index in [9.17, 15) is 4.79 Å². The van der Waals surface area contributed by atoms with E-state index in [1.54, 1.807) is 25.1 Å². The van der Waals surface area contributed by atoms with E-state index in [-0.39, 0.29) is 5.57 Å². The van der Waals surface area contributed by atoms with Crippen molar-refractivity contribution in [2.75, 3.05) is 0 Å². The maximum Gasteiger partial charge on any atom is 0.346 e. The van der Waals surface area contributed by atoms with Gasteiger partial charge in [0.1, 0.15) is 11.6 Å². The molecule has 0 aliphatic heterocycles. The van der Waals surface area contributed by atoms with Crippen molar-refractivity contribution in [1.29, 1.82) is 5.26 Å². The van der Waals surface area contributed by atoms with Crippen LogP contribution in [0.15, 0.2) is 28.9 Å². The first-order valence-corrected chi connectivity index (χ1v) is 4.59. The molecule has 0 heterocycles. The molecule has 1 N–H and O–H groups in total. The van der Waals surface area contributed by atoms with Crippen LogP contribution in [0.1, 0.15) is 11.1 Å². The molecule has 0 atom stereocenters. The van der Waals surface area contributed by atoms with Crippen molar-refractivity contribution in [2.45, 2.75) is 6.92 Å². The van der Waals surface area contributed by atoms with E-state index in [0.717, 1.165) is 5.56 Å². The Kier molecular flexibility index (Phi) is 3.87. The normalized spacial score (nSPS) is 10.2. The molecule has 1 aromatic carbocycles. The molecule has 1 aromatic rings. The van der Waals surface area contributed by atoms with E-state index in [2.05, 4.69) is 10.0 Å². The highest BCUT2D eigenvalue weighted by Crippen LogP contribution is 2.21. The number of nitriles is 1. The first kappa shape index (κ1) is 12.3. The zero-order valence-electron chi connectivity index (χ0n) is 8.95. The summed E-state index contributed by atoms with van der Waals surface area (Å²) in [5.41, 5.74) is 9.65. The standard InChI is InChI=1S/C11H8N4O2/c1-7-2-3-8(5-10(7)14-15-13)4-9(6-12)11(16)17/h2-5H,1H3,(H,16,17). The second-order valence-electron chi connectivity index (χ2n) is 3.21. The highest BCUT2D eigenvalue weighted by molar-refractivity contribution is 5.96. The van der Waals surface area contributed by atoms with Gasteiger partial charge in [-0.25, -0.2) is 4.79 Å². The van der Waals surface area contributed by atoms with E-state index in [4.69, 9.17) is 15.9 Å². The Morgan fingerprint density at radius 2 is 2.35 bits per heavy atom. The lowest BCUT2D eigenvalue weighted by Gasteiger charge is -2.00. The Hall–Kier alpha value is -2.77. The van der Waals surface area contributed by atoms with Crippen LogP contribution in [0.25, 0.3) is 16.5 Å². The molecule has 84 valence electrons. The number of hydrogen-bond acceptors (Lipinski definition) is 3. The Morgan fingerprint density at radius 1 is 1.65 bits per heavy atom. The fraction of sp³-hybridized carbons (Fsp3) is 0.0909. The van der Waals surface area contributed by atoms with Gasteiger partial charge in [-0.2, -0.15) is 5.26 Å². The summed E-state index contributed by atoms with van der Waals surface area (Å²) in [7, 11) is 0. The number of aliphatic carboxylic acids is 1. The molecule has 6 heteroatoms. The van der Waals surface area contributed by atoms with Crippen LogP contribution < -0.4 is 0 Å². The van der Waals surface area contributed by atoms with Crippen LogP contribution >= 0.6 is 0 Å². The lowest BCUT2D eigenvalue weighted by molar-refractivity contribution is -0.132. The molecule has 0 spiro atoms. The maximum absolute atomic E-state index is 10.6. The molecule has 0 aromatic heterocycles. The topological polar surface area (TPSA) is 110 Å². The summed E-state index contributed by atoms with van der Waals surface area (Å²) in [4.78, 5) is 13.3.